The first-order chi connectivity index (χ1) is 10.3. The number of anilines is 1. The van der Waals surface area contributed by atoms with Crippen LogP contribution in [0.25, 0.3) is 0 Å². The maximum Gasteiger partial charge on any atom is 0.410 e. The Labute approximate surface area is 133 Å². The summed E-state index contributed by atoms with van der Waals surface area (Å²) in [4.78, 5) is 18.8. The number of hydrogen-bond donors (Lipinski definition) is 1. The first-order valence-corrected chi connectivity index (χ1v) is 7.96. The van der Waals surface area contributed by atoms with Crippen LogP contribution < -0.4 is 5.32 Å². The summed E-state index contributed by atoms with van der Waals surface area (Å²) in [6, 6.07) is 2.08. The Kier molecular flexibility index (Phi) is 4.94. The van der Waals surface area contributed by atoms with Gasteiger partial charge in [0.05, 0.1) is 6.04 Å². The Morgan fingerprint density at radius 3 is 2.73 bits per heavy atom. The number of aromatic nitrogens is 1. The van der Waals surface area contributed by atoms with Gasteiger partial charge in [0.15, 0.2) is 0 Å². The molecule has 0 saturated carbocycles. The Morgan fingerprint density at radius 2 is 2.14 bits per heavy atom. The summed E-state index contributed by atoms with van der Waals surface area (Å²) in [5.41, 5.74) is 1.80. The van der Waals surface area contributed by atoms with Crippen molar-refractivity contribution in [2.45, 2.75) is 58.6 Å². The highest BCUT2D eigenvalue weighted by Gasteiger charge is 2.32. The first kappa shape index (κ1) is 16.6. The highest BCUT2D eigenvalue weighted by molar-refractivity contribution is 5.69. The molecule has 1 atom stereocenters. The second-order valence-electron chi connectivity index (χ2n) is 6.86. The van der Waals surface area contributed by atoms with Crippen LogP contribution in [0, 0.1) is 6.92 Å². The topological polar surface area (TPSA) is 54.5 Å². The standard InChI is InChI=1S/C17H27N3O2/c1-12-10-15(18-5)19-11-13(12)14-8-6-7-9-20(14)16(21)22-17(2,3)4/h10-11,14H,6-9H2,1-5H3,(H,18,19)/t14-/m0/s1. The Hall–Kier alpha value is -1.78. The average Bonchev–Trinajstić information content (AvgIpc) is 2.45. The van der Waals surface area contributed by atoms with Gasteiger partial charge in [-0.2, -0.15) is 0 Å². The lowest BCUT2D eigenvalue weighted by molar-refractivity contribution is 0.00943. The molecule has 1 aromatic heterocycles. The van der Waals surface area contributed by atoms with Gasteiger partial charge in [-0.05, 0) is 64.2 Å². The van der Waals surface area contributed by atoms with Gasteiger partial charge in [-0.1, -0.05) is 0 Å². The lowest BCUT2D eigenvalue weighted by Gasteiger charge is -2.37. The number of ether oxygens (including phenoxy) is 1. The molecule has 0 radical (unpaired) electrons. The number of nitrogens with one attached hydrogen (secondary N) is 1. The SMILES string of the molecule is CNc1cc(C)c([C@@H]2CCCCN2C(=O)OC(C)(C)C)cn1. The summed E-state index contributed by atoms with van der Waals surface area (Å²) < 4.78 is 5.57. The van der Waals surface area contributed by atoms with E-state index in [0.29, 0.717) is 0 Å². The van der Waals surface area contributed by atoms with E-state index in [-0.39, 0.29) is 12.1 Å². The third kappa shape index (κ3) is 3.90. The molecule has 0 aliphatic carbocycles. The fraction of sp³-hybridized carbons (Fsp3) is 0.647. The zero-order chi connectivity index (χ0) is 16.3. The fourth-order valence-electron chi connectivity index (χ4n) is 2.85. The van der Waals surface area contributed by atoms with Gasteiger partial charge in [0, 0.05) is 19.8 Å². The van der Waals surface area contributed by atoms with E-state index in [0.717, 1.165) is 42.8 Å². The van der Waals surface area contributed by atoms with E-state index in [2.05, 4.69) is 17.2 Å². The normalized spacial score (nSPS) is 19.0. The molecular formula is C17H27N3O2. The molecule has 2 heterocycles. The van der Waals surface area contributed by atoms with Crippen LogP contribution in [-0.2, 0) is 4.74 Å². The van der Waals surface area contributed by atoms with E-state index in [4.69, 9.17) is 4.74 Å². The van der Waals surface area contributed by atoms with Crippen molar-refractivity contribution in [1.82, 2.24) is 9.88 Å². The molecule has 1 amide bonds. The molecular weight excluding hydrogens is 278 g/mol. The molecule has 1 aliphatic rings. The predicted octanol–water partition coefficient (Wildman–Crippen LogP) is 3.89. The van der Waals surface area contributed by atoms with Crippen molar-refractivity contribution in [2.75, 3.05) is 18.9 Å². The van der Waals surface area contributed by atoms with Crippen molar-refractivity contribution in [3.05, 3.63) is 23.4 Å². The minimum Gasteiger partial charge on any atom is -0.444 e. The maximum atomic E-state index is 12.5. The van der Waals surface area contributed by atoms with Crippen LogP contribution in [0.4, 0.5) is 10.6 Å². The first-order valence-electron chi connectivity index (χ1n) is 7.96. The summed E-state index contributed by atoms with van der Waals surface area (Å²) in [6.45, 7) is 8.52. The Bertz CT molecular complexity index is 537. The molecule has 122 valence electrons. The zero-order valence-corrected chi connectivity index (χ0v) is 14.3. The van der Waals surface area contributed by atoms with Gasteiger partial charge in [-0.3, -0.25) is 0 Å². The molecule has 0 unspecified atom stereocenters. The highest BCUT2D eigenvalue weighted by atomic mass is 16.6. The number of carbonyl (C=O) groups excluding carboxylic acids is 1. The third-order valence-corrected chi connectivity index (χ3v) is 3.90. The largest absolute Gasteiger partial charge is 0.444 e. The van der Waals surface area contributed by atoms with E-state index in [1.54, 1.807) is 0 Å². The van der Waals surface area contributed by atoms with E-state index in [1.165, 1.54) is 0 Å². The van der Waals surface area contributed by atoms with Gasteiger partial charge >= 0.3 is 6.09 Å². The van der Waals surface area contributed by atoms with Crippen LogP contribution >= 0.6 is 0 Å². The van der Waals surface area contributed by atoms with Crippen molar-refractivity contribution in [3.8, 4) is 0 Å². The number of aryl methyl sites for hydroxylation is 1. The minimum atomic E-state index is -0.470. The molecule has 5 nitrogen and oxygen atoms in total. The van der Waals surface area contributed by atoms with E-state index < -0.39 is 5.60 Å². The second-order valence-corrected chi connectivity index (χ2v) is 6.86. The molecule has 5 heteroatoms. The Balaban J connectivity index is 2.24. The number of rotatable bonds is 2. The zero-order valence-electron chi connectivity index (χ0n) is 14.3. The molecule has 0 bridgehead atoms. The summed E-state index contributed by atoms with van der Waals surface area (Å²) in [7, 11) is 1.86. The van der Waals surface area contributed by atoms with Gasteiger partial charge in [0.1, 0.15) is 11.4 Å². The van der Waals surface area contributed by atoms with Crippen LogP contribution in [0.15, 0.2) is 12.3 Å². The highest BCUT2D eigenvalue weighted by Crippen LogP contribution is 2.34. The molecule has 1 aliphatic heterocycles. The van der Waals surface area contributed by atoms with Crippen LogP contribution in [0.3, 0.4) is 0 Å². The fourth-order valence-corrected chi connectivity index (χ4v) is 2.85. The minimum absolute atomic E-state index is 0.0574. The van der Waals surface area contributed by atoms with Crippen LogP contribution in [0.2, 0.25) is 0 Å². The van der Waals surface area contributed by atoms with E-state index in [9.17, 15) is 4.79 Å². The quantitative estimate of drug-likeness (QED) is 0.900. The van der Waals surface area contributed by atoms with Crippen molar-refractivity contribution in [3.63, 3.8) is 0 Å². The van der Waals surface area contributed by atoms with Crippen molar-refractivity contribution < 1.29 is 9.53 Å². The van der Waals surface area contributed by atoms with Crippen molar-refractivity contribution in [2.24, 2.45) is 0 Å². The Morgan fingerprint density at radius 1 is 1.41 bits per heavy atom. The molecule has 2 rings (SSSR count). The van der Waals surface area contributed by atoms with Gasteiger partial charge in [0.2, 0.25) is 0 Å². The summed E-state index contributed by atoms with van der Waals surface area (Å²) in [5, 5.41) is 3.05. The van der Waals surface area contributed by atoms with Gasteiger partial charge in [0.25, 0.3) is 0 Å². The number of carbonyl (C=O) groups is 1. The van der Waals surface area contributed by atoms with E-state index in [1.807, 2.05) is 45.0 Å². The second kappa shape index (κ2) is 6.55. The van der Waals surface area contributed by atoms with Crippen molar-refractivity contribution >= 4 is 11.9 Å². The van der Waals surface area contributed by atoms with Gasteiger partial charge < -0.3 is 15.0 Å². The molecule has 1 saturated heterocycles. The predicted molar refractivity (Wildman–Crippen MR) is 88.1 cm³/mol. The van der Waals surface area contributed by atoms with Crippen LogP contribution in [0.1, 0.15) is 57.2 Å². The monoisotopic (exact) mass is 305 g/mol. The lowest BCUT2D eigenvalue weighted by atomic mass is 9.94. The van der Waals surface area contributed by atoms with Crippen molar-refractivity contribution in [1.29, 1.82) is 0 Å². The van der Waals surface area contributed by atoms with Crippen LogP contribution in [0.5, 0.6) is 0 Å². The number of nitrogens with zero attached hydrogens (tertiary/aromatic N) is 2. The van der Waals surface area contributed by atoms with Gasteiger partial charge in [-0.15, -0.1) is 0 Å². The number of amides is 1. The number of hydrogen-bond acceptors (Lipinski definition) is 4. The lowest BCUT2D eigenvalue weighted by Crippen LogP contribution is -2.42. The maximum absolute atomic E-state index is 12.5. The molecule has 0 spiro atoms. The molecule has 22 heavy (non-hydrogen) atoms. The molecule has 0 aromatic carbocycles. The summed E-state index contributed by atoms with van der Waals surface area (Å²) in [6.07, 6.45) is 4.76. The molecule has 1 aromatic rings. The third-order valence-electron chi connectivity index (χ3n) is 3.90. The molecule has 1 fully saturated rings. The smallest absolute Gasteiger partial charge is 0.410 e. The van der Waals surface area contributed by atoms with Crippen LogP contribution in [-0.4, -0.2) is 35.2 Å². The van der Waals surface area contributed by atoms with Gasteiger partial charge in [-0.25, -0.2) is 9.78 Å². The number of piperidine rings is 1. The average molecular weight is 305 g/mol. The van der Waals surface area contributed by atoms with E-state index >= 15 is 0 Å². The molecule has 1 N–H and O–H groups in total. The number of pyridine rings is 1. The number of likely N-dealkylation sites (tertiary alicyclic amines) is 1. The summed E-state index contributed by atoms with van der Waals surface area (Å²) >= 11 is 0. The summed E-state index contributed by atoms with van der Waals surface area (Å²) in [5.74, 6) is 0.848.